The molecule has 0 amide bonds. The Balaban J connectivity index is 1.32. The van der Waals surface area contributed by atoms with Crippen molar-refractivity contribution >= 4 is 44.9 Å². The number of hydrogen-bond acceptors (Lipinski definition) is 4. The molecule has 7 heteroatoms. The molecule has 0 aliphatic carbocycles. The molecule has 0 saturated carbocycles. The van der Waals surface area contributed by atoms with E-state index in [-0.39, 0.29) is 0 Å². The summed E-state index contributed by atoms with van der Waals surface area (Å²) in [4.78, 5) is 16.7. The van der Waals surface area contributed by atoms with E-state index in [9.17, 15) is 0 Å². The smallest absolute Gasteiger partial charge is 0.140 e. The van der Waals surface area contributed by atoms with Gasteiger partial charge in [0.05, 0.1) is 16.1 Å². The number of nitrogens with zero attached hydrogens (tertiary/aromatic N) is 3. The number of fused-ring (bicyclic) bond motifs is 2. The van der Waals surface area contributed by atoms with Crippen LogP contribution < -0.4 is 10.2 Å². The topological polar surface area (TPSA) is 63.0 Å². The molecule has 172 valence electrons. The van der Waals surface area contributed by atoms with Crippen LogP contribution in [0.25, 0.3) is 44.6 Å². The SMILES string of the molecule is CNc1ccc(-c2nc3ccc(-c4cc5ccc(N6CCN(C)CC6)cc5[nH]4)cc3[nH]2)c(Cl)c1. The second-order valence-electron chi connectivity index (χ2n) is 9.01. The Hall–Kier alpha value is -3.48. The van der Waals surface area contributed by atoms with Gasteiger partial charge in [0.15, 0.2) is 0 Å². The fourth-order valence-corrected chi connectivity index (χ4v) is 4.97. The first-order chi connectivity index (χ1) is 16.6. The lowest BCUT2D eigenvalue weighted by Crippen LogP contribution is -2.44. The van der Waals surface area contributed by atoms with Crippen molar-refractivity contribution in [1.29, 1.82) is 0 Å². The molecule has 0 bridgehead atoms. The van der Waals surface area contributed by atoms with Gasteiger partial charge in [-0.05, 0) is 55.6 Å². The lowest BCUT2D eigenvalue weighted by Gasteiger charge is -2.34. The standard InChI is InChI=1S/C27H27ClN6/c1-29-19-5-7-21(22(28)15-19)27-31-23-8-4-18(14-26(23)32-27)24-13-17-3-6-20(16-25(17)30-24)34-11-9-33(2)10-12-34/h3-8,13-16,29-30H,9-12H2,1-2H3,(H,31,32). The molecule has 1 saturated heterocycles. The number of rotatable bonds is 4. The van der Waals surface area contributed by atoms with Crippen LogP contribution in [0.1, 0.15) is 0 Å². The quantitative estimate of drug-likeness (QED) is 0.309. The van der Waals surface area contributed by atoms with Crippen LogP contribution in [0.2, 0.25) is 5.02 Å². The van der Waals surface area contributed by atoms with Crippen molar-refractivity contribution in [3.63, 3.8) is 0 Å². The van der Waals surface area contributed by atoms with Crippen LogP contribution in [-0.4, -0.2) is 60.1 Å². The number of halogens is 1. The predicted molar refractivity (Wildman–Crippen MR) is 143 cm³/mol. The van der Waals surface area contributed by atoms with Crippen LogP contribution >= 0.6 is 11.6 Å². The molecule has 34 heavy (non-hydrogen) atoms. The van der Waals surface area contributed by atoms with Gasteiger partial charge >= 0.3 is 0 Å². The molecule has 6 nitrogen and oxygen atoms in total. The lowest BCUT2D eigenvalue weighted by atomic mass is 10.1. The number of piperazine rings is 1. The molecule has 3 heterocycles. The first-order valence-electron chi connectivity index (χ1n) is 11.6. The first-order valence-corrected chi connectivity index (χ1v) is 12.0. The molecule has 1 aliphatic heterocycles. The molecule has 2 aromatic heterocycles. The minimum atomic E-state index is 0.665. The van der Waals surface area contributed by atoms with E-state index < -0.39 is 0 Å². The highest BCUT2D eigenvalue weighted by atomic mass is 35.5. The molecule has 0 radical (unpaired) electrons. The van der Waals surface area contributed by atoms with Crippen LogP contribution in [0.5, 0.6) is 0 Å². The summed E-state index contributed by atoms with van der Waals surface area (Å²) in [6, 6.07) is 21.2. The summed E-state index contributed by atoms with van der Waals surface area (Å²) < 4.78 is 0. The van der Waals surface area contributed by atoms with E-state index in [0.717, 1.165) is 71.1 Å². The summed E-state index contributed by atoms with van der Waals surface area (Å²) in [6.45, 7) is 4.34. The molecule has 1 fully saturated rings. The Morgan fingerprint density at radius 3 is 2.53 bits per heavy atom. The van der Waals surface area contributed by atoms with Crippen LogP contribution in [0.4, 0.5) is 11.4 Å². The Bertz CT molecular complexity index is 1490. The number of imidazole rings is 1. The third-order valence-corrected chi connectivity index (χ3v) is 7.09. The van der Waals surface area contributed by atoms with Gasteiger partial charge in [-0.2, -0.15) is 0 Å². The molecule has 5 aromatic rings. The van der Waals surface area contributed by atoms with Gasteiger partial charge in [-0.3, -0.25) is 0 Å². The zero-order valence-corrected chi connectivity index (χ0v) is 20.1. The van der Waals surface area contributed by atoms with Crippen molar-refractivity contribution in [1.82, 2.24) is 19.9 Å². The zero-order chi connectivity index (χ0) is 23.2. The number of nitrogens with one attached hydrogen (secondary N) is 3. The normalized spacial score (nSPS) is 14.9. The summed E-state index contributed by atoms with van der Waals surface area (Å²) in [5, 5.41) is 4.99. The monoisotopic (exact) mass is 470 g/mol. The van der Waals surface area contributed by atoms with Crippen LogP contribution in [0, 0.1) is 0 Å². The third kappa shape index (κ3) is 3.79. The van der Waals surface area contributed by atoms with E-state index in [4.69, 9.17) is 16.6 Å². The van der Waals surface area contributed by atoms with Gasteiger partial charge in [0.2, 0.25) is 0 Å². The van der Waals surface area contributed by atoms with E-state index in [1.807, 2.05) is 25.2 Å². The molecule has 3 N–H and O–H groups in total. The second-order valence-corrected chi connectivity index (χ2v) is 9.41. The fourth-order valence-electron chi connectivity index (χ4n) is 4.70. The van der Waals surface area contributed by atoms with Crippen molar-refractivity contribution in [2.75, 3.05) is 50.5 Å². The average molecular weight is 471 g/mol. The van der Waals surface area contributed by atoms with Gasteiger partial charge in [0, 0.05) is 72.3 Å². The van der Waals surface area contributed by atoms with E-state index in [2.05, 4.69) is 74.6 Å². The maximum absolute atomic E-state index is 6.51. The van der Waals surface area contributed by atoms with Crippen molar-refractivity contribution in [3.05, 3.63) is 65.7 Å². The van der Waals surface area contributed by atoms with Gasteiger partial charge in [0.1, 0.15) is 5.82 Å². The molecule has 0 unspecified atom stereocenters. The third-order valence-electron chi connectivity index (χ3n) is 6.78. The Kier molecular flexibility index (Phi) is 5.20. The van der Waals surface area contributed by atoms with E-state index >= 15 is 0 Å². The molecular formula is C27H27ClN6. The Labute approximate surface area is 203 Å². The van der Waals surface area contributed by atoms with Gasteiger partial charge < -0.3 is 25.1 Å². The number of aromatic nitrogens is 3. The number of hydrogen-bond donors (Lipinski definition) is 3. The van der Waals surface area contributed by atoms with Crippen LogP contribution in [0.3, 0.4) is 0 Å². The number of benzene rings is 3. The average Bonchev–Trinajstić information content (AvgIpc) is 3.47. The second kappa shape index (κ2) is 8.38. The number of anilines is 2. The Morgan fingerprint density at radius 2 is 1.74 bits per heavy atom. The molecule has 6 rings (SSSR count). The summed E-state index contributed by atoms with van der Waals surface area (Å²) >= 11 is 6.51. The molecular weight excluding hydrogens is 444 g/mol. The summed E-state index contributed by atoms with van der Waals surface area (Å²) in [5.41, 5.74) is 8.43. The highest BCUT2D eigenvalue weighted by Crippen LogP contribution is 2.32. The summed E-state index contributed by atoms with van der Waals surface area (Å²) in [7, 11) is 4.07. The maximum atomic E-state index is 6.51. The first kappa shape index (κ1) is 21.1. The summed E-state index contributed by atoms with van der Waals surface area (Å²) in [5.74, 6) is 0.772. The van der Waals surface area contributed by atoms with Gasteiger partial charge in [-0.1, -0.05) is 23.7 Å². The summed E-state index contributed by atoms with van der Waals surface area (Å²) in [6.07, 6.45) is 0. The largest absolute Gasteiger partial charge is 0.388 e. The van der Waals surface area contributed by atoms with E-state index in [0.29, 0.717) is 5.02 Å². The van der Waals surface area contributed by atoms with Crippen molar-refractivity contribution in [3.8, 4) is 22.6 Å². The van der Waals surface area contributed by atoms with Gasteiger partial charge in [-0.25, -0.2) is 4.98 Å². The highest BCUT2D eigenvalue weighted by molar-refractivity contribution is 6.33. The van der Waals surface area contributed by atoms with Gasteiger partial charge in [-0.15, -0.1) is 0 Å². The van der Waals surface area contributed by atoms with Crippen LogP contribution in [0.15, 0.2) is 60.7 Å². The van der Waals surface area contributed by atoms with Crippen molar-refractivity contribution in [2.24, 2.45) is 0 Å². The maximum Gasteiger partial charge on any atom is 0.140 e. The fraction of sp³-hybridized carbons (Fsp3) is 0.222. The molecule has 1 aliphatic rings. The number of H-pyrrole nitrogens is 2. The Morgan fingerprint density at radius 1 is 0.882 bits per heavy atom. The van der Waals surface area contributed by atoms with Gasteiger partial charge in [0.25, 0.3) is 0 Å². The van der Waals surface area contributed by atoms with Crippen LogP contribution in [-0.2, 0) is 0 Å². The van der Waals surface area contributed by atoms with E-state index in [1.165, 1.54) is 11.1 Å². The zero-order valence-electron chi connectivity index (χ0n) is 19.3. The number of aromatic amines is 2. The molecule has 3 aromatic carbocycles. The van der Waals surface area contributed by atoms with Crippen molar-refractivity contribution in [2.45, 2.75) is 0 Å². The highest BCUT2D eigenvalue weighted by Gasteiger charge is 2.16. The number of likely N-dealkylation sites (N-methyl/N-ethyl adjacent to an activating group) is 1. The predicted octanol–water partition coefficient (Wildman–Crippen LogP) is 5.83. The van der Waals surface area contributed by atoms with Crippen molar-refractivity contribution < 1.29 is 0 Å². The minimum Gasteiger partial charge on any atom is -0.388 e. The minimum absolute atomic E-state index is 0.665. The lowest BCUT2D eigenvalue weighted by molar-refractivity contribution is 0.313. The van der Waals surface area contributed by atoms with E-state index in [1.54, 1.807) is 0 Å². The molecule has 0 spiro atoms. The molecule has 0 atom stereocenters.